The second-order valence-corrected chi connectivity index (χ2v) is 6.02. The Morgan fingerprint density at radius 2 is 2.14 bits per heavy atom. The second-order valence-electron chi connectivity index (χ2n) is 6.02. The smallest absolute Gasteiger partial charge is 0.225 e. The highest BCUT2D eigenvalue weighted by molar-refractivity contribution is 5.78. The lowest BCUT2D eigenvalue weighted by Gasteiger charge is -2.34. The molecule has 5 heteroatoms. The van der Waals surface area contributed by atoms with Crippen molar-refractivity contribution >= 4 is 11.7 Å². The molecule has 0 aromatic carbocycles. The van der Waals surface area contributed by atoms with Crippen molar-refractivity contribution in [3.8, 4) is 0 Å². The maximum atomic E-state index is 12.6. The third kappa shape index (κ3) is 3.99. The van der Waals surface area contributed by atoms with Crippen LogP contribution < -0.4 is 5.73 Å². The van der Waals surface area contributed by atoms with Gasteiger partial charge in [0, 0.05) is 25.2 Å². The van der Waals surface area contributed by atoms with E-state index >= 15 is 0 Å². The minimum Gasteiger partial charge on any atom is -0.382 e. The Hall–Kier alpha value is -1.52. The fourth-order valence-electron chi connectivity index (χ4n) is 3.12. The van der Waals surface area contributed by atoms with Crippen LogP contribution in [-0.4, -0.2) is 33.7 Å². The Labute approximate surface area is 127 Å². The van der Waals surface area contributed by atoms with Gasteiger partial charge in [-0.15, -0.1) is 0 Å². The van der Waals surface area contributed by atoms with E-state index in [1.54, 1.807) is 0 Å². The molecule has 1 aliphatic heterocycles. The fraction of sp³-hybridized carbons (Fsp3) is 0.750. The zero-order chi connectivity index (χ0) is 15.2. The molecule has 1 aromatic heterocycles. The first kappa shape index (κ1) is 15.9. The second kappa shape index (κ2) is 7.48. The Morgan fingerprint density at radius 3 is 2.67 bits per heavy atom. The Balaban J connectivity index is 1.86. The average molecular weight is 292 g/mol. The van der Waals surface area contributed by atoms with Gasteiger partial charge in [-0.3, -0.25) is 9.48 Å². The molecule has 0 radical (unpaired) electrons. The largest absolute Gasteiger partial charge is 0.382 e. The molecule has 1 aliphatic rings. The van der Waals surface area contributed by atoms with Gasteiger partial charge in [0.1, 0.15) is 5.82 Å². The van der Waals surface area contributed by atoms with Crippen molar-refractivity contribution in [3.05, 3.63) is 12.3 Å². The van der Waals surface area contributed by atoms with E-state index in [9.17, 15) is 4.79 Å². The molecule has 0 aliphatic carbocycles. The average Bonchev–Trinajstić information content (AvgIpc) is 2.94. The summed E-state index contributed by atoms with van der Waals surface area (Å²) in [4.78, 5) is 14.6. The summed E-state index contributed by atoms with van der Waals surface area (Å²) in [5, 5.41) is 4.29. The lowest BCUT2D eigenvalue weighted by atomic mass is 9.96. The maximum Gasteiger partial charge on any atom is 0.225 e. The number of nitrogen functional groups attached to an aromatic ring is 1. The molecule has 5 nitrogen and oxygen atoms in total. The minimum absolute atomic E-state index is 0.210. The van der Waals surface area contributed by atoms with Crippen molar-refractivity contribution in [1.29, 1.82) is 0 Å². The number of nitrogens with zero attached hydrogens (tertiary/aromatic N) is 3. The van der Waals surface area contributed by atoms with Crippen molar-refractivity contribution in [1.82, 2.24) is 14.7 Å². The number of amides is 1. The first-order valence-corrected chi connectivity index (χ1v) is 8.25. The summed E-state index contributed by atoms with van der Waals surface area (Å²) in [6, 6.07) is 2.21. The zero-order valence-corrected chi connectivity index (χ0v) is 13.3. The fourth-order valence-corrected chi connectivity index (χ4v) is 3.12. The molecule has 2 rings (SSSR count). The predicted molar refractivity (Wildman–Crippen MR) is 84.8 cm³/mol. The van der Waals surface area contributed by atoms with E-state index in [-0.39, 0.29) is 5.92 Å². The Kier molecular flexibility index (Phi) is 5.65. The number of rotatable bonds is 6. The number of hydrogen-bond donors (Lipinski definition) is 1. The van der Waals surface area contributed by atoms with Crippen LogP contribution in [0.1, 0.15) is 58.4 Å². The van der Waals surface area contributed by atoms with Gasteiger partial charge in [-0.1, -0.05) is 26.7 Å². The molecule has 1 fully saturated rings. The van der Waals surface area contributed by atoms with Crippen molar-refractivity contribution < 1.29 is 4.79 Å². The topological polar surface area (TPSA) is 64.2 Å². The molecule has 1 saturated heterocycles. The molecule has 1 aromatic rings. The Morgan fingerprint density at radius 1 is 1.43 bits per heavy atom. The summed E-state index contributed by atoms with van der Waals surface area (Å²) in [7, 11) is 0. The molecule has 1 amide bonds. The molecule has 0 bridgehead atoms. The molecular formula is C16H28N4O. The van der Waals surface area contributed by atoms with Gasteiger partial charge in [-0.25, -0.2) is 0 Å². The number of hydrogen-bond acceptors (Lipinski definition) is 3. The summed E-state index contributed by atoms with van der Waals surface area (Å²) in [6.45, 7) is 5.98. The van der Waals surface area contributed by atoms with Crippen LogP contribution in [0.15, 0.2) is 12.3 Å². The van der Waals surface area contributed by atoms with Crippen molar-refractivity contribution in [2.75, 3.05) is 18.8 Å². The van der Waals surface area contributed by atoms with Crippen molar-refractivity contribution in [3.63, 3.8) is 0 Å². The van der Waals surface area contributed by atoms with Crippen LogP contribution in [0.25, 0.3) is 0 Å². The van der Waals surface area contributed by atoms with E-state index in [0.29, 0.717) is 17.8 Å². The van der Waals surface area contributed by atoms with Crippen LogP contribution >= 0.6 is 0 Å². The lowest BCUT2D eigenvalue weighted by molar-refractivity contribution is -0.137. The third-order valence-electron chi connectivity index (χ3n) is 4.53. The normalized spacial score (nSPS) is 17.9. The molecule has 2 N–H and O–H groups in total. The maximum absolute atomic E-state index is 12.6. The van der Waals surface area contributed by atoms with Crippen LogP contribution in [0, 0.1) is 5.92 Å². The van der Waals surface area contributed by atoms with Crippen LogP contribution in [0.4, 0.5) is 5.82 Å². The summed E-state index contributed by atoms with van der Waals surface area (Å²) in [5.41, 5.74) is 5.67. The highest BCUT2D eigenvalue weighted by atomic mass is 16.2. The zero-order valence-electron chi connectivity index (χ0n) is 13.3. The highest BCUT2D eigenvalue weighted by Crippen LogP contribution is 2.25. The number of carbonyl (C=O) groups excluding carboxylic acids is 1. The quantitative estimate of drug-likeness (QED) is 0.877. The monoisotopic (exact) mass is 292 g/mol. The van der Waals surface area contributed by atoms with Crippen molar-refractivity contribution in [2.24, 2.45) is 5.92 Å². The molecule has 1 unspecified atom stereocenters. The van der Waals surface area contributed by atoms with Crippen LogP contribution in [0.3, 0.4) is 0 Å². The van der Waals surface area contributed by atoms with E-state index in [1.807, 2.05) is 21.8 Å². The van der Waals surface area contributed by atoms with Gasteiger partial charge in [0.2, 0.25) is 5.91 Å². The molecule has 118 valence electrons. The summed E-state index contributed by atoms with van der Waals surface area (Å²) in [6.07, 6.45) is 8.16. The van der Waals surface area contributed by atoms with Gasteiger partial charge in [-0.05, 0) is 31.7 Å². The summed E-state index contributed by atoms with van der Waals surface area (Å²) >= 11 is 0. The third-order valence-corrected chi connectivity index (χ3v) is 4.53. The summed E-state index contributed by atoms with van der Waals surface area (Å²) < 4.78 is 1.95. The van der Waals surface area contributed by atoms with Gasteiger partial charge < -0.3 is 10.6 Å². The first-order chi connectivity index (χ1) is 10.2. The lowest BCUT2D eigenvalue weighted by Crippen LogP contribution is -2.42. The van der Waals surface area contributed by atoms with Gasteiger partial charge in [0.15, 0.2) is 0 Å². The van der Waals surface area contributed by atoms with E-state index in [2.05, 4.69) is 18.9 Å². The number of likely N-dealkylation sites (tertiary alicyclic amines) is 1. The molecule has 2 heterocycles. The molecule has 1 atom stereocenters. The van der Waals surface area contributed by atoms with E-state index in [4.69, 9.17) is 5.73 Å². The van der Waals surface area contributed by atoms with Gasteiger partial charge in [0.25, 0.3) is 0 Å². The molecular weight excluding hydrogens is 264 g/mol. The summed E-state index contributed by atoms with van der Waals surface area (Å²) in [5.74, 6) is 1.13. The number of anilines is 1. The van der Waals surface area contributed by atoms with E-state index in [0.717, 1.165) is 51.6 Å². The Bertz CT molecular complexity index is 449. The standard InChI is InChI=1S/C16H28N4O/c1-3-5-6-13(4-2)16(21)19-10-7-14(8-11-19)20-12-9-15(17)18-20/h9,12-14H,3-8,10-11H2,1-2H3,(H2,17,18). The number of unbranched alkanes of at least 4 members (excludes halogenated alkanes) is 1. The van der Waals surface area contributed by atoms with Gasteiger partial charge in [-0.2, -0.15) is 5.10 Å². The number of carbonyl (C=O) groups is 1. The van der Waals surface area contributed by atoms with Gasteiger partial charge in [0.05, 0.1) is 6.04 Å². The van der Waals surface area contributed by atoms with Gasteiger partial charge >= 0.3 is 0 Å². The predicted octanol–water partition coefficient (Wildman–Crippen LogP) is 2.85. The highest BCUT2D eigenvalue weighted by Gasteiger charge is 2.27. The van der Waals surface area contributed by atoms with Crippen LogP contribution in [-0.2, 0) is 4.79 Å². The van der Waals surface area contributed by atoms with Crippen LogP contribution in [0.2, 0.25) is 0 Å². The minimum atomic E-state index is 0.210. The van der Waals surface area contributed by atoms with Crippen molar-refractivity contribution in [2.45, 2.75) is 58.4 Å². The molecule has 0 saturated carbocycles. The SMILES string of the molecule is CCCCC(CC)C(=O)N1CCC(n2ccc(N)n2)CC1. The van der Waals surface area contributed by atoms with E-state index in [1.165, 1.54) is 0 Å². The number of piperidine rings is 1. The first-order valence-electron chi connectivity index (χ1n) is 8.25. The number of nitrogens with two attached hydrogens (primary N) is 1. The van der Waals surface area contributed by atoms with Crippen LogP contribution in [0.5, 0.6) is 0 Å². The molecule has 0 spiro atoms. The number of aromatic nitrogens is 2. The van der Waals surface area contributed by atoms with E-state index < -0.39 is 0 Å². The molecule has 21 heavy (non-hydrogen) atoms.